The molecule has 3 rings (SSSR count). The van der Waals surface area contributed by atoms with Crippen LogP contribution in [0.25, 0.3) is 0 Å². The van der Waals surface area contributed by atoms with Crippen molar-refractivity contribution in [2.24, 2.45) is 0 Å². The lowest BCUT2D eigenvalue weighted by atomic mass is 10.1. The van der Waals surface area contributed by atoms with Crippen molar-refractivity contribution in [3.05, 3.63) is 59.7 Å². The van der Waals surface area contributed by atoms with E-state index < -0.39 is 18.0 Å². The van der Waals surface area contributed by atoms with E-state index in [0.29, 0.717) is 21.8 Å². The molecule has 0 aliphatic carbocycles. The van der Waals surface area contributed by atoms with Gasteiger partial charge in [-0.1, -0.05) is 18.2 Å². The van der Waals surface area contributed by atoms with E-state index in [4.69, 9.17) is 0 Å². The molecule has 0 atom stereocenters. The summed E-state index contributed by atoms with van der Waals surface area (Å²) in [5.41, 5.74) is 1.22. The molecule has 0 bridgehead atoms. The van der Waals surface area contributed by atoms with Crippen molar-refractivity contribution in [1.82, 2.24) is 4.90 Å². The van der Waals surface area contributed by atoms with Gasteiger partial charge in [0.1, 0.15) is 0 Å². The third-order valence-corrected chi connectivity index (χ3v) is 4.89. The molecule has 4 amide bonds. The largest absolute Gasteiger partial charge is 0.471 e. The lowest BCUT2D eigenvalue weighted by molar-refractivity contribution is -0.185. The van der Waals surface area contributed by atoms with Gasteiger partial charge in [0, 0.05) is 37.2 Å². The predicted molar refractivity (Wildman–Crippen MR) is 110 cm³/mol. The molecular weight excluding hydrogens is 427 g/mol. The summed E-state index contributed by atoms with van der Waals surface area (Å²) in [6.07, 6.45) is -4.73. The van der Waals surface area contributed by atoms with Crippen molar-refractivity contribution in [2.45, 2.75) is 32.5 Å². The van der Waals surface area contributed by atoms with Crippen LogP contribution < -0.4 is 10.2 Å². The van der Waals surface area contributed by atoms with E-state index in [1.54, 1.807) is 30.3 Å². The Kier molecular flexibility index (Phi) is 6.61. The van der Waals surface area contributed by atoms with Crippen molar-refractivity contribution < 1.29 is 32.3 Å². The highest BCUT2D eigenvalue weighted by Gasteiger charge is 2.41. The quantitative estimate of drug-likeness (QED) is 0.687. The van der Waals surface area contributed by atoms with Crippen LogP contribution in [0.3, 0.4) is 0 Å². The number of nitrogens with one attached hydrogen (secondary N) is 1. The minimum Gasteiger partial charge on any atom is -0.331 e. The number of halogens is 3. The predicted octanol–water partition coefficient (Wildman–Crippen LogP) is 3.50. The number of hydrogen-bond donors (Lipinski definition) is 1. The standard InChI is InChI=1S/C22H20F3N3O4/c1-2-27(21(32)22(23,24)25)13-14-5-3-7-16(11-14)26-20(31)15-6-4-8-17(12-15)28-18(29)9-10-19(28)30/h3-8,11-12H,2,9-10,13H2,1H3,(H,26,31). The van der Waals surface area contributed by atoms with E-state index in [1.807, 2.05) is 0 Å². The lowest BCUT2D eigenvalue weighted by Gasteiger charge is -2.22. The first-order chi connectivity index (χ1) is 15.1. The molecular formula is C22H20F3N3O4. The second kappa shape index (κ2) is 9.21. The fourth-order valence-corrected chi connectivity index (χ4v) is 3.33. The van der Waals surface area contributed by atoms with Crippen LogP contribution in [-0.2, 0) is 20.9 Å². The van der Waals surface area contributed by atoms with E-state index >= 15 is 0 Å². The number of amides is 4. The van der Waals surface area contributed by atoms with Gasteiger partial charge in [-0.2, -0.15) is 13.2 Å². The SMILES string of the molecule is CCN(Cc1cccc(NC(=O)c2cccc(N3C(=O)CCC3=O)c2)c1)C(=O)C(F)(F)F. The molecule has 2 aromatic carbocycles. The van der Waals surface area contributed by atoms with E-state index in [1.165, 1.54) is 25.1 Å². The minimum atomic E-state index is -4.97. The van der Waals surface area contributed by atoms with Gasteiger partial charge >= 0.3 is 12.1 Å². The van der Waals surface area contributed by atoms with Gasteiger partial charge < -0.3 is 10.2 Å². The first kappa shape index (κ1) is 23.0. The number of anilines is 2. The molecule has 10 heteroatoms. The summed E-state index contributed by atoms with van der Waals surface area (Å²) >= 11 is 0. The molecule has 0 saturated carbocycles. The van der Waals surface area contributed by atoms with Crippen molar-refractivity contribution in [2.75, 3.05) is 16.8 Å². The van der Waals surface area contributed by atoms with Gasteiger partial charge in [0.25, 0.3) is 5.91 Å². The third-order valence-electron chi connectivity index (χ3n) is 4.89. The first-order valence-electron chi connectivity index (χ1n) is 9.82. The summed E-state index contributed by atoms with van der Waals surface area (Å²) in [6, 6.07) is 12.1. The highest BCUT2D eigenvalue weighted by Crippen LogP contribution is 2.24. The molecule has 0 spiro atoms. The van der Waals surface area contributed by atoms with Crippen LogP contribution in [0.2, 0.25) is 0 Å². The fraction of sp³-hybridized carbons (Fsp3) is 0.273. The maximum absolute atomic E-state index is 12.7. The maximum Gasteiger partial charge on any atom is 0.471 e. The van der Waals surface area contributed by atoms with Gasteiger partial charge in [-0.25, -0.2) is 0 Å². The lowest BCUT2D eigenvalue weighted by Crippen LogP contribution is -2.40. The average Bonchev–Trinajstić information content (AvgIpc) is 3.09. The van der Waals surface area contributed by atoms with Gasteiger partial charge in [-0.05, 0) is 42.8 Å². The van der Waals surface area contributed by atoms with Crippen LogP contribution in [0.4, 0.5) is 24.5 Å². The van der Waals surface area contributed by atoms with E-state index in [9.17, 15) is 32.3 Å². The Bertz CT molecular complexity index is 1050. The number of carbonyl (C=O) groups excluding carboxylic acids is 4. The van der Waals surface area contributed by atoms with E-state index in [2.05, 4.69) is 5.32 Å². The number of carbonyl (C=O) groups is 4. The van der Waals surface area contributed by atoms with Gasteiger partial charge in [0.2, 0.25) is 11.8 Å². The second-order valence-corrected chi connectivity index (χ2v) is 7.14. The molecule has 1 aliphatic rings. The molecule has 1 saturated heterocycles. The number of nitrogens with zero attached hydrogens (tertiary/aromatic N) is 2. The molecule has 2 aromatic rings. The number of rotatable bonds is 6. The number of alkyl halides is 3. The molecule has 0 unspecified atom stereocenters. The van der Waals surface area contributed by atoms with Crippen molar-refractivity contribution in [1.29, 1.82) is 0 Å². The molecule has 0 radical (unpaired) electrons. The summed E-state index contributed by atoms with van der Waals surface area (Å²) in [5.74, 6) is -3.14. The van der Waals surface area contributed by atoms with Crippen LogP contribution in [0.5, 0.6) is 0 Å². The zero-order valence-electron chi connectivity index (χ0n) is 17.1. The van der Waals surface area contributed by atoms with Gasteiger partial charge in [-0.3, -0.25) is 24.1 Å². The van der Waals surface area contributed by atoms with Gasteiger partial charge in [-0.15, -0.1) is 0 Å². The fourth-order valence-electron chi connectivity index (χ4n) is 3.33. The summed E-state index contributed by atoms with van der Waals surface area (Å²) in [5, 5.41) is 2.64. The normalized spacial score (nSPS) is 13.9. The van der Waals surface area contributed by atoms with Crippen molar-refractivity contribution >= 4 is 35.0 Å². The Hall–Kier alpha value is -3.69. The van der Waals surface area contributed by atoms with Gasteiger partial charge in [0.15, 0.2) is 0 Å². The Morgan fingerprint density at radius 1 is 1.03 bits per heavy atom. The molecule has 1 N–H and O–H groups in total. The Morgan fingerprint density at radius 2 is 1.69 bits per heavy atom. The third kappa shape index (κ3) is 5.13. The number of hydrogen-bond acceptors (Lipinski definition) is 4. The summed E-state index contributed by atoms with van der Waals surface area (Å²) in [6.45, 7) is 1.04. The van der Waals surface area contributed by atoms with Crippen LogP contribution in [0, 0.1) is 0 Å². The highest BCUT2D eigenvalue weighted by atomic mass is 19.4. The number of imide groups is 1. The van der Waals surface area contributed by atoms with Crippen LogP contribution in [-0.4, -0.2) is 41.2 Å². The molecule has 1 aliphatic heterocycles. The Morgan fingerprint density at radius 3 is 2.31 bits per heavy atom. The van der Waals surface area contributed by atoms with E-state index in [0.717, 1.165) is 4.90 Å². The monoisotopic (exact) mass is 447 g/mol. The van der Waals surface area contributed by atoms with Crippen LogP contribution >= 0.6 is 0 Å². The molecule has 1 fully saturated rings. The molecule has 7 nitrogen and oxygen atoms in total. The minimum absolute atomic E-state index is 0.119. The molecule has 0 aromatic heterocycles. The Balaban J connectivity index is 1.74. The average molecular weight is 447 g/mol. The Labute approximate surface area is 181 Å². The van der Waals surface area contributed by atoms with Crippen molar-refractivity contribution in [3.63, 3.8) is 0 Å². The number of benzene rings is 2. The van der Waals surface area contributed by atoms with Crippen LogP contribution in [0.15, 0.2) is 48.5 Å². The first-order valence-corrected chi connectivity index (χ1v) is 9.82. The highest BCUT2D eigenvalue weighted by molar-refractivity contribution is 6.20. The van der Waals surface area contributed by atoms with Gasteiger partial charge in [0.05, 0.1) is 5.69 Å². The molecule has 32 heavy (non-hydrogen) atoms. The molecule has 168 valence electrons. The van der Waals surface area contributed by atoms with Crippen LogP contribution in [0.1, 0.15) is 35.7 Å². The smallest absolute Gasteiger partial charge is 0.331 e. The zero-order valence-corrected chi connectivity index (χ0v) is 17.1. The van der Waals surface area contributed by atoms with Crippen molar-refractivity contribution in [3.8, 4) is 0 Å². The van der Waals surface area contributed by atoms with E-state index in [-0.39, 0.29) is 43.3 Å². The summed E-state index contributed by atoms with van der Waals surface area (Å²) < 4.78 is 38.2. The summed E-state index contributed by atoms with van der Waals surface area (Å²) in [7, 11) is 0. The zero-order chi connectivity index (χ0) is 23.5. The summed E-state index contributed by atoms with van der Waals surface area (Å²) in [4.78, 5) is 49.7. The molecule has 1 heterocycles. The maximum atomic E-state index is 12.7. The topological polar surface area (TPSA) is 86.8 Å². The second-order valence-electron chi connectivity index (χ2n) is 7.14.